The summed E-state index contributed by atoms with van der Waals surface area (Å²) in [5.74, 6) is 5.71. The van der Waals surface area contributed by atoms with Gasteiger partial charge >= 0.3 is 0 Å². The zero-order chi connectivity index (χ0) is 9.84. The van der Waals surface area contributed by atoms with Gasteiger partial charge in [0.05, 0.1) is 7.11 Å². The Morgan fingerprint density at radius 2 is 2.23 bits per heavy atom. The topological polar surface area (TPSA) is 55.6 Å². The number of hydrogen-bond donors (Lipinski definition) is 1. The van der Waals surface area contributed by atoms with Crippen LogP contribution in [-0.2, 0) is 0 Å². The lowest BCUT2D eigenvalue weighted by molar-refractivity contribution is 0.0795. The number of nitrogens with zero attached hydrogens (tertiary/aromatic N) is 1. The fraction of sp³-hybridized carbons (Fsp3) is 0.222. The summed E-state index contributed by atoms with van der Waals surface area (Å²) >= 11 is 0. The molecule has 1 amide bonds. The van der Waals surface area contributed by atoms with Crippen LogP contribution in [0, 0.1) is 0 Å². The van der Waals surface area contributed by atoms with E-state index in [0.717, 1.165) is 5.01 Å². The molecule has 0 fully saturated rings. The minimum Gasteiger partial charge on any atom is -0.497 e. The lowest BCUT2D eigenvalue weighted by Gasteiger charge is -2.10. The van der Waals surface area contributed by atoms with Crippen LogP contribution in [0.15, 0.2) is 24.3 Å². The third-order valence-corrected chi connectivity index (χ3v) is 1.64. The fourth-order valence-corrected chi connectivity index (χ4v) is 0.960. The van der Waals surface area contributed by atoms with Crippen molar-refractivity contribution in [2.75, 3.05) is 14.2 Å². The van der Waals surface area contributed by atoms with Gasteiger partial charge in [0, 0.05) is 12.6 Å². The van der Waals surface area contributed by atoms with Gasteiger partial charge in [-0.05, 0) is 18.2 Å². The van der Waals surface area contributed by atoms with Gasteiger partial charge < -0.3 is 4.74 Å². The van der Waals surface area contributed by atoms with Crippen molar-refractivity contribution < 1.29 is 9.53 Å². The van der Waals surface area contributed by atoms with Crippen LogP contribution in [0.3, 0.4) is 0 Å². The molecule has 0 aliphatic heterocycles. The van der Waals surface area contributed by atoms with E-state index in [1.165, 1.54) is 7.05 Å². The van der Waals surface area contributed by atoms with Crippen molar-refractivity contribution in [1.29, 1.82) is 0 Å². The van der Waals surface area contributed by atoms with Gasteiger partial charge in [0.25, 0.3) is 5.91 Å². The molecule has 0 spiro atoms. The highest BCUT2D eigenvalue weighted by Crippen LogP contribution is 2.12. The first-order valence-corrected chi connectivity index (χ1v) is 3.82. The Balaban J connectivity index is 2.95. The van der Waals surface area contributed by atoms with Crippen molar-refractivity contribution in [3.63, 3.8) is 0 Å². The maximum Gasteiger partial charge on any atom is 0.267 e. The highest BCUT2D eigenvalue weighted by molar-refractivity contribution is 5.93. The number of carbonyl (C=O) groups is 1. The van der Waals surface area contributed by atoms with Crippen LogP contribution in [0.1, 0.15) is 10.4 Å². The van der Waals surface area contributed by atoms with E-state index in [9.17, 15) is 4.79 Å². The Bertz CT molecular complexity index is 310. The van der Waals surface area contributed by atoms with Crippen LogP contribution in [0.25, 0.3) is 0 Å². The molecule has 1 aromatic rings. The van der Waals surface area contributed by atoms with E-state index in [1.807, 2.05) is 0 Å². The van der Waals surface area contributed by atoms with Gasteiger partial charge in [-0.3, -0.25) is 9.80 Å². The summed E-state index contributed by atoms with van der Waals surface area (Å²) in [6, 6.07) is 6.85. The number of rotatable bonds is 2. The van der Waals surface area contributed by atoms with E-state index in [2.05, 4.69) is 0 Å². The highest BCUT2D eigenvalue weighted by atomic mass is 16.5. The Morgan fingerprint density at radius 3 is 2.77 bits per heavy atom. The van der Waals surface area contributed by atoms with Crippen LogP contribution in [0.2, 0.25) is 0 Å². The van der Waals surface area contributed by atoms with E-state index in [4.69, 9.17) is 10.6 Å². The van der Waals surface area contributed by atoms with Crippen molar-refractivity contribution in [2.24, 2.45) is 5.84 Å². The second-order valence-electron chi connectivity index (χ2n) is 2.65. The SMILES string of the molecule is COc1cccc(C(=O)N(C)N)c1. The number of ether oxygens (including phenoxy) is 1. The van der Waals surface area contributed by atoms with Gasteiger partial charge in [-0.15, -0.1) is 0 Å². The van der Waals surface area contributed by atoms with Crippen molar-refractivity contribution in [2.45, 2.75) is 0 Å². The van der Waals surface area contributed by atoms with Gasteiger partial charge in [0.15, 0.2) is 0 Å². The summed E-state index contributed by atoms with van der Waals surface area (Å²) in [6.07, 6.45) is 0. The molecule has 70 valence electrons. The molecule has 0 unspecified atom stereocenters. The molecule has 0 heterocycles. The van der Waals surface area contributed by atoms with Crippen LogP contribution >= 0.6 is 0 Å². The Kier molecular flexibility index (Phi) is 2.87. The molecule has 0 atom stereocenters. The molecule has 1 rings (SSSR count). The van der Waals surface area contributed by atoms with Crippen molar-refractivity contribution in [1.82, 2.24) is 5.01 Å². The number of hydrogen-bond acceptors (Lipinski definition) is 3. The molecule has 0 aliphatic rings. The largest absolute Gasteiger partial charge is 0.497 e. The maximum absolute atomic E-state index is 11.4. The first-order chi connectivity index (χ1) is 6.15. The van der Waals surface area contributed by atoms with E-state index in [-0.39, 0.29) is 5.91 Å². The molecule has 13 heavy (non-hydrogen) atoms. The van der Waals surface area contributed by atoms with Crippen molar-refractivity contribution in [3.05, 3.63) is 29.8 Å². The van der Waals surface area contributed by atoms with E-state index in [0.29, 0.717) is 11.3 Å². The fourth-order valence-electron chi connectivity index (χ4n) is 0.960. The Labute approximate surface area is 76.9 Å². The Morgan fingerprint density at radius 1 is 1.54 bits per heavy atom. The average Bonchev–Trinajstić information content (AvgIpc) is 2.16. The predicted molar refractivity (Wildman–Crippen MR) is 49.3 cm³/mol. The summed E-state index contributed by atoms with van der Waals surface area (Å²) in [5.41, 5.74) is 0.518. The van der Waals surface area contributed by atoms with E-state index >= 15 is 0 Å². The first kappa shape index (κ1) is 9.54. The first-order valence-electron chi connectivity index (χ1n) is 3.82. The third-order valence-electron chi connectivity index (χ3n) is 1.64. The Hall–Kier alpha value is -1.55. The summed E-state index contributed by atoms with van der Waals surface area (Å²) in [5, 5.41) is 1.04. The number of amides is 1. The van der Waals surface area contributed by atoms with Crippen LogP contribution in [0.5, 0.6) is 5.75 Å². The van der Waals surface area contributed by atoms with E-state index < -0.39 is 0 Å². The monoisotopic (exact) mass is 180 g/mol. The second-order valence-corrected chi connectivity index (χ2v) is 2.65. The van der Waals surface area contributed by atoms with Gasteiger partial charge in [0.1, 0.15) is 5.75 Å². The molecular formula is C9H12N2O2. The normalized spacial score (nSPS) is 9.46. The van der Waals surface area contributed by atoms with Crippen LogP contribution < -0.4 is 10.6 Å². The number of nitrogens with two attached hydrogens (primary N) is 1. The molecule has 0 aromatic heterocycles. The lowest BCUT2D eigenvalue weighted by atomic mass is 10.2. The molecule has 0 radical (unpaired) electrons. The van der Waals surface area contributed by atoms with Gasteiger partial charge in [-0.1, -0.05) is 6.07 Å². The number of carbonyl (C=O) groups excluding carboxylic acids is 1. The maximum atomic E-state index is 11.4. The molecule has 0 bridgehead atoms. The molecule has 0 aliphatic carbocycles. The van der Waals surface area contributed by atoms with Crippen molar-refractivity contribution in [3.8, 4) is 5.75 Å². The summed E-state index contributed by atoms with van der Waals surface area (Å²) < 4.78 is 4.97. The van der Waals surface area contributed by atoms with Crippen LogP contribution in [0.4, 0.5) is 0 Å². The average molecular weight is 180 g/mol. The standard InChI is InChI=1S/C9H12N2O2/c1-11(10)9(12)7-4-3-5-8(6-7)13-2/h3-6H,10H2,1-2H3. The molecule has 2 N–H and O–H groups in total. The smallest absolute Gasteiger partial charge is 0.267 e. The van der Waals surface area contributed by atoms with Gasteiger partial charge in [-0.2, -0.15) is 0 Å². The number of methoxy groups -OCH3 is 1. The summed E-state index contributed by atoms with van der Waals surface area (Å²) in [7, 11) is 3.05. The molecule has 4 heteroatoms. The van der Waals surface area contributed by atoms with Gasteiger partial charge in [-0.25, -0.2) is 5.84 Å². The molecule has 1 aromatic carbocycles. The van der Waals surface area contributed by atoms with Gasteiger partial charge in [0.2, 0.25) is 0 Å². The van der Waals surface area contributed by atoms with E-state index in [1.54, 1.807) is 31.4 Å². The predicted octanol–water partition coefficient (Wildman–Crippen LogP) is 0.641. The zero-order valence-corrected chi connectivity index (χ0v) is 7.65. The number of benzene rings is 1. The lowest BCUT2D eigenvalue weighted by Crippen LogP contribution is -2.33. The quantitative estimate of drug-likeness (QED) is 0.413. The minimum absolute atomic E-state index is 0.237. The summed E-state index contributed by atoms with van der Waals surface area (Å²) in [4.78, 5) is 11.4. The van der Waals surface area contributed by atoms with Crippen LogP contribution in [-0.4, -0.2) is 25.1 Å². The third kappa shape index (κ3) is 2.19. The molecule has 0 saturated heterocycles. The second kappa shape index (κ2) is 3.91. The minimum atomic E-state index is -0.237. The summed E-state index contributed by atoms with van der Waals surface area (Å²) in [6.45, 7) is 0. The highest BCUT2D eigenvalue weighted by Gasteiger charge is 2.08. The number of hydrazine groups is 1. The molecule has 4 nitrogen and oxygen atoms in total. The van der Waals surface area contributed by atoms with Crippen molar-refractivity contribution >= 4 is 5.91 Å². The zero-order valence-electron chi connectivity index (χ0n) is 7.65. The molecule has 0 saturated carbocycles. The molecular weight excluding hydrogens is 168 g/mol.